The van der Waals surface area contributed by atoms with Gasteiger partial charge in [0, 0.05) is 35.2 Å². The van der Waals surface area contributed by atoms with Crippen LogP contribution in [-0.2, 0) is 4.79 Å². The number of hydrogen-bond acceptors (Lipinski definition) is 3. The van der Waals surface area contributed by atoms with E-state index in [0.29, 0.717) is 18.2 Å². The van der Waals surface area contributed by atoms with Crippen LogP contribution < -0.4 is 10.1 Å². The Balaban J connectivity index is 1.95. The van der Waals surface area contributed by atoms with E-state index in [-0.39, 0.29) is 5.91 Å². The summed E-state index contributed by atoms with van der Waals surface area (Å²) in [5, 5.41) is 3.94. The summed E-state index contributed by atoms with van der Waals surface area (Å²) in [6.07, 6.45) is 4.36. The smallest absolute Gasteiger partial charge is 0.244 e. The summed E-state index contributed by atoms with van der Waals surface area (Å²) in [4.78, 5) is 12.3. The largest absolute Gasteiger partial charge is 0.496 e. The lowest BCUT2D eigenvalue weighted by Gasteiger charge is -2.10. The van der Waals surface area contributed by atoms with Gasteiger partial charge in [0.15, 0.2) is 0 Å². The van der Waals surface area contributed by atoms with Crippen molar-refractivity contribution in [2.75, 3.05) is 13.7 Å². The molecule has 0 radical (unpaired) electrons. The number of ether oxygens (including phenoxy) is 1. The van der Waals surface area contributed by atoms with Gasteiger partial charge in [0.25, 0.3) is 0 Å². The maximum Gasteiger partial charge on any atom is 0.244 e. The molecule has 0 fully saturated rings. The summed E-state index contributed by atoms with van der Waals surface area (Å²) in [5.74, 6) is 1.16. The Morgan fingerprint density at radius 3 is 2.64 bits per heavy atom. The van der Waals surface area contributed by atoms with Crippen molar-refractivity contribution >= 4 is 22.4 Å². The van der Waals surface area contributed by atoms with Crippen LogP contribution >= 0.6 is 0 Å². The third-order valence-corrected chi connectivity index (χ3v) is 4.77. The molecule has 28 heavy (non-hydrogen) atoms. The summed E-state index contributed by atoms with van der Waals surface area (Å²) < 4.78 is 11.3. The van der Waals surface area contributed by atoms with Crippen LogP contribution in [0.4, 0.5) is 0 Å². The second-order valence-electron chi connectivity index (χ2n) is 7.36. The zero-order valence-electron chi connectivity index (χ0n) is 16.9. The molecule has 3 aromatic rings. The topological polar surface area (TPSA) is 51.5 Å². The van der Waals surface area contributed by atoms with E-state index in [9.17, 15) is 4.79 Å². The average molecular weight is 377 g/mol. The molecule has 1 N–H and O–H groups in total. The van der Waals surface area contributed by atoms with Crippen LogP contribution in [0.3, 0.4) is 0 Å². The van der Waals surface area contributed by atoms with Gasteiger partial charge in [0.05, 0.1) is 13.4 Å². The van der Waals surface area contributed by atoms with E-state index < -0.39 is 0 Å². The van der Waals surface area contributed by atoms with Gasteiger partial charge in [-0.25, -0.2) is 0 Å². The third kappa shape index (κ3) is 4.45. The number of rotatable bonds is 7. The molecule has 0 aliphatic rings. The predicted molar refractivity (Wildman–Crippen MR) is 114 cm³/mol. The zero-order chi connectivity index (χ0) is 20.1. The lowest BCUT2D eigenvalue weighted by Crippen LogP contribution is -2.23. The molecule has 4 heteroatoms. The summed E-state index contributed by atoms with van der Waals surface area (Å²) in [7, 11) is 1.63. The van der Waals surface area contributed by atoms with Crippen molar-refractivity contribution < 1.29 is 13.9 Å². The second-order valence-corrected chi connectivity index (χ2v) is 7.36. The predicted octanol–water partition coefficient (Wildman–Crippen LogP) is 5.67. The highest BCUT2D eigenvalue weighted by atomic mass is 16.5. The number of nitrogens with one attached hydrogen (secondary N) is 1. The van der Waals surface area contributed by atoms with Crippen LogP contribution in [0.15, 0.2) is 59.2 Å². The molecule has 4 nitrogen and oxygen atoms in total. The number of carbonyl (C=O) groups excluding carboxylic acids is 1. The molecule has 0 spiro atoms. The minimum absolute atomic E-state index is 0.0872. The molecule has 1 amide bonds. The molecule has 0 atom stereocenters. The first kappa shape index (κ1) is 19.7. The van der Waals surface area contributed by atoms with Gasteiger partial charge >= 0.3 is 0 Å². The maximum atomic E-state index is 12.3. The lowest BCUT2D eigenvalue weighted by atomic mass is 9.99. The van der Waals surface area contributed by atoms with Gasteiger partial charge in [-0.1, -0.05) is 44.2 Å². The minimum Gasteiger partial charge on any atom is -0.496 e. The second kappa shape index (κ2) is 8.79. The Morgan fingerprint density at radius 2 is 1.96 bits per heavy atom. The first-order valence-electron chi connectivity index (χ1n) is 9.60. The Kier molecular flexibility index (Phi) is 6.19. The van der Waals surface area contributed by atoms with Crippen molar-refractivity contribution in [2.24, 2.45) is 5.92 Å². The summed E-state index contributed by atoms with van der Waals surface area (Å²) in [6.45, 7) is 6.88. The van der Waals surface area contributed by atoms with E-state index in [1.807, 2.05) is 37.3 Å². The van der Waals surface area contributed by atoms with Crippen molar-refractivity contribution in [1.29, 1.82) is 0 Å². The minimum atomic E-state index is -0.0872. The average Bonchev–Trinajstić information content (AvgIpc) is 3.10. The molecule has 2 aromatic carbocycles. The Hall–Kier alpha value is -3.01. The Bertz CT molecular complexity index is 984. The van der Waals surface area contributed by atoms with Gasteiger partial charge in [-0.3, -0.25) is 4.79 Å². The molecule has 1 heterocycles. The van der Waals surface area contributed by atoms with Gasteiger partial charge in [0.1, 0.15) is 11.3 Å². The molecule has 0 saturated carbocycles. The maximum absolute atomic E-state index is 12.3. The number of furan rings is 1. The fraction of sp³-hybridized carbons (Fsp3) is 0.292. The highest BCUT2D eigenvalue weighted by Crippen LogP contribution is 2.37. The number of allylic oxidation sites excluding steroid dienone is 1. The van der Waals surface area contributed by atoms with Crippen LogP contribution in [0, 0.1) is 5.92 Å². The number of amides is 1. The molecule has 146 valence electrons. The highest BCUT2D eigenvalue weighted by Gasteiger charge is 2.14. The SMILES string of the molecule is COc1cc2occ(-c3ccccc3)c2cc1/C(C)=C/C(=O)NCCC(C)C. The summed E-state index contributed by atoms with van der Waals surface area (Å²) in [5.41, 5.74) is 4.60. The van der Waals surface area contributed by atoms with E-state index in [1.165, 1.54) is 0 Å². The van der Waals surface area contributed by atoms with Crippen LogP contribution in [-0.4, -0.2) is 19.6 Å². The standard InChI is InChI=1S/C24H27NO3/c1-16(2)10-11-25-24(26)12-17(3)19-13-20-21(18-8-6-5-7-9-18)15-28-23(20)14-22(19)27-4/h5-9,12-16H,10-11H2,1-4H3,(H,25,26)/b17-12+. The number of benzene rings is 2. The van der Waals surface area contributed by atoms with Gasteiger partial charge in [-0.05, 0) is 36.5 Å². The van der Waals surface area contributed by atoms with E-state index in [4.69, 9.17) is 9.15 Å². The number of fused-ring (bicyclic) bond motifs is 1. The molecule has 3 rings (SSSR count). The van der Waals surface area contributed by atoms with E-state index in [2.05, 4.69) is 31.3 Å². The monoisotopic (exact) mass is 377 g/mol. The summed E-state index contributed by atoms with van der Waals surface area (Å²) in [6, 6.07) is 14.0. The molecular formula is C24H27NO3. The van der Waals surface area contributed by atoms with Crippen molar-refractivity contribution in [3.63, 3.8) is 0 Å². The molecule has 0 saturated heterocycles. The van der Waals surface area contributed by atoms with Crippen LogP contribution in [0.5, 0.6) is 5.75 Å². The molecule has 0 unspecified atom stereocenters. The number of carbonyl (C=O) groups is 1. The molecule has 0 bridgehead atoms. The van der Waals surface area contributed by atoms with E-state index in [1.54, 1.807) is 19.4 Å². The van der Waals surface area contributed by atoms with E-state index in [0.717, 1.165) is 39.7 Å². The van der Waals surface area contributed by atoms with Gasteiger partial charge in [-0.15, -0.1) is 0 Å². The fourth-order valence-electron chi connectivity index (χ4n) is 3.18. The quantitative estimate of drug-likeness (QED) is 0.539. The van der Waals surface area contributed by atoms with Gasteiger partial charge in [-0.2, -0.15) is 0 Å². The molecule has 0 aliphatic heterocycles. The highest BCUT2D eigenvalue weighted by molar-refractivity contribution is 6.00. The van der Waals surface area contributed by atoms with Gasteiger partial charge in [0.2, 0.25) is 5.91 Å². The Labute approximate surface area is 166 Å². The molecular weight excluding hydrogens is 350 g/mol. The van der Waals surface area contributed by atoms with Crippen LogP contribution in [0.25, 0.3) is 27.7 Å². The molecule has 0 aliphatic carbocycles. The number of hydrogen-bond donors (Lipinski definition) is 1. The van der Waals surface area contributed by atoms with Crippen molar-refractivity contribution in [2.45, 2.75) is 27.2 Å². The van der Waals surface area contributed by atoms with Crippen LogP contribution in [0.2, 0.25) is 0 Å². The van der Waals surface area contributed by atoms with Crippen molar-refractivity contribution in [3.05, 3.63) is 60.4 Å². The van der Waals surface area contributed by atoms with Crippen LogP contribution in [0.1, 0.15) is 32.8 Å². The molecule has 1 aromatic heterocycles. The Morgan fingerprint density at radius 1 is 1.21 bits per heavy atom. The summed E-state index contributed by atoms with van der Waals surface area (Å²) >= 11 is 0. The van der Waals surface area contributed by atoms with Gasteiger partial charge < -0.3 is 14.5 Å². The normalized spacial score (nSPS) is 11.8. The van der Waals surface area contributed by atoms with Crippen molar-refractivity contribution in [3.8, 4) is 16.9 Å². The zero-order valence-corrected chi connectivity index (χ0v) is 16.9. The fourth-order valence-corrected chi connectivity index (χ4v) is 3.18. The third-order valence-electron chi connectivity index (χ3n) is 4.77. The first-order valence-corrected chi connectivity index (χ1v) is 9.60. The number of methoxy groups -OCH3 is 1. The van der Waals surface area contributed by atoms with Crippen molar-refractivity contribution in [1.82, 2.24) is 5.32 Å². The van der Waals surface area contributed by atoms with E-state index >= 15 is 0 Å². The lowest BCUT2D eigenvalue weighted by molar-refractivity contribution is -0.116. The first-order chi connectivity index (χ1) is 13.5.